The highest BCUT2D eigenvalue weighted by Crippen LogP contribution is 2.51. The summed E-state index contributed by atoms with van der Waals surface area (Å²) in [6, 6.07) is 13.9. The van der Waals surface area contributed by atoms with Crippen LogP contribution in [0.4, 0.5) is 0 Å². The Balaban J connectivity index is 2.20. The average Bonchev–Trinajstić information content (AvgIpc) is 3.40. The third kappa shape index (κ3) is 2.44. The number of hydrogen-bond donors (Lipinski definition) is 1. The number of halogens is 1. The van der Waals surface area contributed by atoms with E-state index in [2.05, 4.69) is 28.7 Å². The van der Waals surface area contributed by atoms with Gasteiger partial charge in [-0.25, -0.2) is 0 Å². The van der Waals surface area contributed by atoms with E-state index in [9.17, 15) is 15.8 Å². The molecule has 2 aliphatic rings. The molecule has 4 nitrogen and oxygen atoms in total. The lowest BCUT2D eigenvalue weighted by atomic mass is 9.61. The number of nitrogens with one attached hydrogen (secondary N) is 1. The second-order valence-electron chi connectivity index (χ2n) is 5.98. The van der Waals surface area contributed by atoms with Gasteiger partial charge in [-0.05, 0) is 64.6 Å². The summed E-state index contributed by atoms with van der Waals surface area (Å²) in [7, 11) is 0. The Hall–Kier alpha value is -2.17. The average molecular weight is 412 g/mol. The van der Waals surface area contributed by atoms with Gasteiger partial charge in [0.15, 0.2) is 5.41 Å². The van der Waals surface area contributed by atoms with Crippen LogP contribution in [0.1, 0.15) is 24.3 Å². The fourth-order valence-electron chi connectivity index (χ4n) is 3.20. The monoisotopic (exact) mass is 412 g/mol. The molecular formula is C18H13IN4. The van der Waals surface area contributed by atoms with E-state index in [4.69, 9.17) is 5.41 Å². The molecule has 3 rings (SSSR count). The minimum Gasteiger partial charge on any atom is -0.305 e. The Morgan fingerprint density at radius 1 is 1.09 bits per heavy atom. The molecule has 0 amide bonds. The van der Waals surface area contributed by atoms with Gasteiger partial charge in [-0.15, -0.1) is 0 Å². The molecule has 1 aromatic carbocycles. The Morgan fingerprint density at radius 2 is 1.70 bits per heavy atom. The highest BCUT2D eigenvalue weighted by molar-refractivity contribution is 14.1. The van der Waals surface area contributed by atoms with Crippen LogP contribution < -0.4 is 0 Å². The van der Waals surface area contributed by atoms with Crippen LogP contribution in [0.5, 0.6) is 0 Å². The smallest absolute Gasteiger partial charge is 0.192 e. The summed E-state index contributed by atoms with van der Waals surface area (Å²) in [6.45, 7) is 0. The molecule has 0 saturated heterocycles. The number of rotatable bonds is 2. The van der Waals surface area contributed by atoms with Gasteiger partial charge in [0.2, 0.25) is 0 Å². The van der Waals surface area contributed by atoms with E-state index < -0.39 is 17.3 Å². The number of nitriles is 3. The first-order valence-electron chi connectivity index (χ1n) is 7.35. The number of hydrogen-bond acceptors (Lipinski definition) is 4. The molecule has 0 heterocycles. The van der Waals surface area contributed by atoms with Crippen LogP contribution in [0.25, 0.3) is 0 Å². The van der Waals surface area contributed by atoms with Crippen molar-refractivity contribution in [2.75, 3.05) is 0 Å². The number of benzene rings is 1. The first-order chi connectivity index (χ1) is 11.1. The summed E-state index contributed by atoms with van der Waals surface area (Å²) in [5, 5.41) is 37.3. The summed E-state index contributed by atoms with van der Waals surface area (Å²) in [5.74, 6) is -0.925. The van der Waals surface area contributed by atoms with Crippen LogP contribution in [-0.2, 0) is 0 Å². The maximum absolute atomic E-state index is 9.70. The van der Waals surface area contributed by atoms with Gasteiger partial charge < -0.3 is 5.41 Å². The van der Waals surface area contributed by atoms with Crippen LogP contribution in [-0.4, -0.2) is 5.71 Å². The van der Waals surface area contributed by atoms with Crippen molar-refractivity contribution in [1.82, 2.24) is 0 Å². The van der Waals surface area contributed by atoms with Crippen molar-refractivity contribution in [3.05, 3.63) is 45.0 Å². The predicted octanol–water partition coefficient (Wildman–Crippen LogP) is 3.92. The van der Waals surface area contributed by atoms with Crippen LogP contribution in [0.2, 0.25) is 0 Å². The lowest BCUT2D eigenvalue weighted by Gasteiger charge is -2.36. The van der Waals surface area contributed by atoms with E-state index in [0.717, 1.165) is 27.5 Å². The van der Waals surface area contributed by atoms with Gasteiger partial charge in [0.25, 0.3) is 0 Å². The molecule has 0 bridgehead atoms. The maximum Gasteiger partial charge on any atom is 0.192 e. The van der Waals surface area contributed by atoms with Crippen LogP contribution in [0, 0.1) is 60.2 Å². The van der Waals surface area contributed by atoms with E-state index in [1.165, 1.54) is 0 Å². The molecule has 2 unspecified atom stereocenters. The van der Waals surface area contributed by atoms with Crippen molar-refractivity contribution in [3.63, 3.8) is 0 Å². The zero-order valence-electron chi connectivity index (χ0n) is 12.3. The first-order valence-corrected chi connectivity index (χ1v) is 8.43. The molecule has 0 aliphatic heterocycles. The highest BCUT2D eigenvalue weighted by atomic mass is 127. The molecule has 0 radical (unpaired) electrons. The summed E-state index contributed by atoms with van der Waals surface area (Å²) in [5.41, 5.74) is 0.0823. The van der Waals surface area contributed by atoms with E-state index in [0.29, 0.717) is 5.92 Å². The number of allylic oxidation sites excluding steroid dienone is 2. The van der Waals surface area contributed by atoms with Crippen LogP contribution in [0.15, 0.2) is 35.9 Å². The molecule has 2 atom stereocenters. The summed E-state index contributed by atoms with van der Waals surface area (Å²) >= 11 is 2.20. The van der Waals surface area contributed by atoms with E-state index in [1.54, 1.807) is 0 Å². The van der Waals surface area contributed by atoms with Gasteiger partial charge in [-0.1, -0.05) is 18.2 Å². The number of nitrogens with zero attached hydrogens (tertiary/aromatic N) is 3. The maximum atomic E-state index is 9.70. The van der Waals surface area contributed by atoms with E-state index in [1.807, 2.05) is 42.5 Å². The van der Waals surface area contributed by atoms with Gasteiger partial charge in [0, 0.05) is 9.49 Å². The largest absolute Gasteiger partial charge is 0.305 e. The Bertz CT molecular complexity index is 799. The quantitative estimate of drug-likeness (QED) is 0.589. The molecule has 1 N–H and O–H groups in total. The summed E-state index contributed by atoms with van der Waals surface area (Å²) in [6.07, 6.45) is 3.95. The summed E-state index contributed by atoms with van der Waals surface area (Å²) in [4.78, 5) is 0. The van der Waals surface area contributed by atoms with Gasteiger partial charge in [0.05, 0.1) is 23.9 Å². The van der Waals surface area contributed by atoms with Crippen molar-refractivity contribution < 1.29 is 0 Å². The molecule has 1 aromatic rings. The lowest BCUT2D eigenvalue weighted by molar-refractivity contribution is 0.563. The minimum atomic E-state index is -1.61. The zero-order valence-corrected chi connectivity index (χ0v) is 14.4. The molecule has 0 aromatic heterocycles. The van der Waals surface area contributed by atoms with Crippen molar-refractivity contribution in [1.29, 1.82) is 21.2 Å². The van der Waals surface area contributed by atoms with Crippen molar-refractivity contribution in [3.8, 4) is 18.2 Å². The second-order valence-corrected chi connectivity index (χ2v) is 7.22. The van der Waals surface area contributed by atoms with E-state index in [-0.39, 0.29) is 5.71 Å². The molecule has 1 fully saturated rings. The Labute approximate surface area is 148 Å². The first kappa shape index (κ1) is 15.7. The predicted molar refractivity (Wildman–Crippen MR) is 93.2 cm³/mol. The highest BCUT2D eigenvalue weighted by Gasteiger charge is 2.52. The third-order valence-corrected chi connectivity index (χ3v) is 5.35. The topological polar surface area (TPSA) is 95.2 Å². The molecule has 112 valence electrons. The van der Waals surface area contributed by atoms with Crippen LogP contribution >= 0.6 is 22.6 Å². The lowest BCUT2D eigenvalue weighted by Crippen LogP contribution is -2.42. The molecular weight excluding hydrogens is 399 g/mol. The fraction of sp³-hybridized carbons (Fsp3) is 0.333. The van der Waals surface area contributed by atoms with E-state index >= 15 is 0 Å². The van der Waals surface area contributed by atoms with Crippen LogP contribution in [0.3, 0.4) is 0 Å². The molecule has 1 saturated carbocycles. The van der Waals surface area contributed by atoms with Gasteiger partial charge in [-0.3, -0.25) is 0 Å². The van der Waals surface area contributed by atoms with Gasteiger partial charge in [0.1, 0.15) is 5.92 Å². The minimum absolute atomic E-state index is 0.0713. The molecule has 23 heavy (non-hydrogen) atoms. The third-order valence-electron chi connectivity index (χ3n) is 4.63. The van der Waals surface area contributed by atoms with Crippen molar-refractivity contribution >= 4 is 28.3 Å². The Morgan fingerprint density at radius 3 is 2.17 bits per heavy atom. The van der Waals surface area contributed by atoms with Crippen molar-refractivity contribution in [2.45, 2.75) is 18.8 Å². The Kier molecular flexibility index (Phi) is 3.96. The normalized spacial score (nSPS) is 25.7. The molecule has 2 aliphatic carbocycles. The standard InChI is InChI=1S/C18H13IN4/c19-13-5-3-12(4-6-13)16-7-14(11-1-2-11)15(8-20)17(23)18(16,9-21)10-22/h3-7,11,15-16,23H,1-2H2. The SMILES string of the molecule is N#CC1C(=N)C(C#N)(C#N)C(c2ccc(I)cc2)C=C1C1CC1. The second kappa shape index (κ2) is 5.80. The molecule has 0 spiro atoms. The zero-order chi connectivity index (χ0) is 16.6. The molecule has 5 heteroatoms. The van der Waals surface area contributed by atoms with Crippen molar-refractivity contribution in [2.24, 2.45) is 17.3 Å². The summed E-state index contributed by atoms with van der Waals surface area (Å²) < 4.78 is 1.07. The van der Waals surface area contributed by atoms with Gasteiger partial charge in [-0.2, -0.15) is 15.8 Å². The fourth-order valence-corrected chi connectivity index (χ4v) is 3.56. The van der Waals surface area contributed by atoms with Gasteiger partial charge >= 0.3 is 0 Å².